The fourth-order valence-corrected chi connectivity index (χ4v) is 5.64. The first kappa shape index (κ1) is 23.3. The number of benzene rings is 2. The highest BCUT2D eigenvalue weighted by Gasteiger charge is 2.36. The van der Waals surface area contributed by atoms with Gasteiger partial charge in [-0.2, -0.15) is 0 Å². The first-order chi connectivity index (χ1) is 15.9. The Hall–Kier alpha value is -2.83. The van der Waals surface area contributed by atoms with Crippen LogP contribution in [-0.4, -0.2) is 54.4 Å². The minimum atomic E-state index is -0.866. The summed E-state index contributed by atoms with van der Waals surface area (Å²) < 4.78 is 13.6. The summed E-state index contributed by atoms with van der Waals surface area (Å²) in [7, 11) is 5.62. The van der Waals surface area contributed by atoms with Crippen LogP contribution in [0.15, 0.2) is 48.5 Å². The Labute approximate surface area is 195 Å². The topological polar surface area (TPSA) is 63.9 Å². The molecule has 4 rings (SSSR count). The van der Waals surface area contributed by atoms with Gasteiger partial charge in [-0.05, 0) is 70.0 Å². The Balaban J connectivity index is 1.65. The van der Waals surface area contributed by atoms with Gasteiger partial charge in [0.25, 0.3) is 0 Å². The molecular formula is C27H34N2O4. The lowest BCUT2D eigenvalue weighted by molar-refractivity contribution is -0.0128. The number of aromatic nitrogens is 1. The fourth-order valence-electron chi connectivity index (χ4n) is 5.64. The lowest BCUT2D eigenvalue weighted by Gasteiger charge is -2.43. The molecule has 6 heteroatoms. The molecular weight excluding hydrogens is 416 g/mol. The molecule has 4 unspecified atom stereocenters. The molecule has 0 saturated carbocycles. The number of nitrogens with zero attached hydrogens (tertiary/aromatic N) is 2. The molecule has 3 aromatic rings. The quantitative estimate of drug-likeness (QED) is 0.528. The van der Waals surface area contributed by atoms with Gasteiger partial charge >= 0.3 is 5.97 Å². The highest BCUT2D eigenvalue weighted by Crippen LogP contribution is 2.40. The number of aromatic carboxylic acids is 1. The van der Waals surface area contributed by atoms with Crippen LogP contribution in [0.25, 0.3) is 10.9 Å². The molecule has 33 heavy (non-hydrogen) atoms. The molecule has 6 nitrogen and oxygen atoms in total. The van der Waals surface area contributed by atoms with Crippen molar-refractivity contribution in [2.45, 2.75) is 44.9 Å². The third-order valence-corrected chi connectivity index (χ3v) is 7.47. The summed E-state index contributed by atoms with van der Waals surface area (Å²) in [6.07, 6.45) is 1.98. The minimum Gasteiger partial charge on any atom is -0.497 e. The lowest BCUT2D eigenvalue weighted by Crippen LogP contribution is -2.45. The van der Waals surface area contributed by atoms with Gasteiger partial charge < -0.3 is 24.0 Å². The average Bonchev–Trinajstić information content (AvgIpc) is 3.12. The number of para-hydroxylation sites is 1. The molecule has 1 aromatic heterocycles. The van der Waals surface area contributed by atoms with E-state index in [0.29, 0.717) is 11.5 Å². The molecule has 1 N–H and O–H groups in total. The SMILES string of the molecule is COc1ccc(C(OC)C2CC(C(C)n3c(C)c(C(=O)O)c4ccccc43)CCN2C)cc1. The smallest absolute Gasteiger partial charge is 0.338 e. The first-order valence-electron chi connectivity index (χ1n) is 11.6. The molecule has 0 spiro atoms. The van der Waals surface area contributed by atoms with Crippen LogP contribution in [0.2, 0.25) is 0 Å². The third kappa shape index (κ3) is 4.25. The van der Waals surface area contributed by atoms with E-state index in [4.69, 9.17) is 9.47 Å². The minimum absolute atomic E-state index is 0.0482. The molecule has 0 aliphatic carbocycles. The Bertz CT molecular complexity index is 1120. The predicted molar refractivity (Wildman–Crippen MR) is 130 cm³/mol. The number of likely N-dealkylation sites (tertiary alicyclic amines) is 1. The van der Waals surface area contributed by atoms with Gasteiger partial charge in [-0.3, -0.25) is 0 Å². The summed E-state index contributed by atoms with van der Waals surface area (Å²) in [6, 6.07) is 16.4. The average molecular weight is 451 g/mol. The number of carboxylic acid groups (broad SMARTS) is 1. The van der Waals surface area contributed by atoms with Crippen molar-refractivity contribution < 1.29 is 19.4 Å². The highest BCUT2D eigenvalue weighted by molar-refractivity contribution is 6.05. The van der Waals surface area contributed by atoms with Gasteiger partial charge in [-0.15, -0.1) is 0 Å². The maximum atomic E-state index is 12.0. The Morgan fingerprint density at radius 2 is 1.82 bits per heavy atom. The van der Waals surface area contributed by atoms with Crippen molar-refractivity contribution >= 4 is 16.9 Å². The second-order valence-electron chi connectivity index (χ2n) is 9.16. The van der Waals surface area contributed by atoms with E-state index in [-0.39, 0.29) is 18.2 Å². The van der Waals surface area contributed by atoms with Crippen LogP contribution in [0.3, 0.4) is 0 Å². The second kappa shape index (κ2) is 9.57. The van der Waals surface area contributed by atoms with Crippen LogP contribution < -0.4 is 4.74 Å². The number of ether oxygens (including phenoxy) is 2. The number of hydrogen-bond donors (Lipinski definition) is 1. The van der Waals surface area contributed by atoms with E-state index < -0.39 is 5.97 Å². The van der Waals surface area contributed by atoms with E-state index in [2.05, 4.69) is 35.6 Å². The zero-order chi connectivity index (χ0) is 23.7. The van der Waals surface area contributed by atoms with Gasteiger partial charge in [0.2, 0.25) is 0 Å². The summed E-state index contributed by atoms with van der Waals surface area (Å²) in [6.45, 7) is 5.13. The van der Waals surface area contributed by atoms with Gasteiger partial charge in [0.1, 0.15) is 5.75 Å². The number of methoxy groups -OCH3 is 2. The standard InChI is InChI=1S/C27H34N2O4/c1-17(29-18(2)25(27(30)31)22-8-6-7-9-23(22)29)20-14-15-28(3)24(16-20)26(33-5)19-10-12-21(32-4)13-11-19/h6-13,17,20,24,26H,14-16H2,1-5H3,(H,30,31). The molecule has 0 amide bonds. The molecule has 0 radical (unpaired) electrons. The zero-order valence-electron chi connectivity index (χ0n) is 20.1. The van der Waals surface area contributed by atoms with Crippen molar-refractivity contribution in [3.8, 4) is 5.75 Å². The van der Waals surface area contributed by atoms with Crippen molar-refractivity contribution in [2.24, 2.45) is 5.92 Å². The molecule has 1 saturated heterocycles. The van der Waals surface area contributed by atoms with E-state index in [1.165, 1.54) is 0 Å². The van der Waals surface area contributed by atoms with Crippen molar-refractivity contribution in [1.29, 1.82) is 0 Å². The van der Waals surface area contributed by atoms with Gasteiger partial charge in [0.15, 0.2) is 0 Å². The molecule has 2 heterocycles. The summed E-state index contributed by atoms with van der Waals surface area (Å²) in [5.41, 5.74) is 3.37. The molecule has 2 aromatic carbocycles. The van der Waals surface area contributed by atoms with Gasteiger partial charge in [0.05, 0.1) is 18.8 Å². The number of piperidine rings is 1. The zero-order valence-corrected chi connectivity index (χ0v) is 20.1. The van der Waals surface area contributed by atoms with E-state index in [1.807, 2.05) is 43.3 Å². The van der Waals surface area contributed by atoms with Crippen LogP contribution in [0, 0.1) is 12.8 Å². The van der Waals surface area contributed by atoms with Gasteiger partial charge in [-0.1, -0.05) is 30.3 Å². The maximum Gasteiger partial charge on any atom is 0.338 e. The van der Waals surface area contributed by atoms with Crippen molar-refractivity contribution in [2.75, 3.05) is 27.8 Å². The maximum absolute atomic E-state index is 12.0. The van der Waals surface area contributed by atoms with Crippen LogP contribution in [0.1, 0.15) is 53.5 Å². The Morgan fingerprint density at radius 3 is 2.45 bits per heavy atom. The van der Waals surface area contributed by atoms with Gasteiger partial charge in [0, 0.05) is 35.8 Å². The number of rotatable bonds is 7. The number of hydrogen-bond acceptors (Lipinski definition) is 4. The van der Waals surface area contributed by atoms with Crippen molar-refractivity contribution in [1.82, 2.24) is 9.47 Å². The van der Waals surface area contributed by atoms with Crippen LogP contribution >= 0.6 is 0 Å². The summed E-state index contributed by atoms with van der Waals surface area (Å²) in [5.74, 6) is 0.370. The van der Waals surface area contributed by atoms with Gasteiger partial charge in [-0.25, -0.2) is 4.79 Å². The van der Waals surface area contributed by atoms with Crippen LogP contribution in [0.4, 0.5) is 0 Å². The van der Waals surface area contributed by atoms with E-state index >= 15 is 0 Å². The monoisotopic (exact) mass is 450 g/mol. The number of carbonyl (C=O) groups is 1. The predicted octanol–water partition coefficient (Wildman–Crippen LogP) is 5.32. The molecule has 1 aliphatic rings. The molecule has 0 bridgehead atoms. The Morgan fingerprint density at radius 1 is 1.12 bits per heavy atom. The number of carboxylic acids is 1. The van der Waals surface area contributed by atoms with Crippen LogP contribution in [-0.2, 0) is 4.74 Å². The van der Waals surface area contributed by atoms with E-state index in [0.717, 1.165) is 47.3 Å². The van der Waals surface area contributed by atoms with E-state index in [1.54, 1.807) is 14.2 Å². The molecule has 176 valence electrons. The highest BCUT2D eigenvalue weighted by atomic mass is 16.5. The van der Waals surface area contributed by atoms with Crippen LogP contribution in [0.5, 0.6) is 5.75 Å². The normalized spacial score (nSPS) is 21.1. The third-order valence-electron chi connectivity index (χ3n) is 7.47. The van der Waals surface area contributed by atoms with Crippen molar-refractivity contribution in [3.63, 3.8) is 0 Å². The van der Waals surface area contributed by atoms with E-state index in [9.17, 15) is 9.90 Å². The largest absolute Gasteiger partial charge is 0.497 e. The molecule has 1 fully saturated rings. The summed E-state index contributed by atoms with van der Waals surface area (Å²) >= 11 is 0. The summed E-state index contributed by atoms with van der Waals surface area (Å²) in [5, 5.41) is 10.7. The number of likely N-dealkylation sites (N-methyl/N-ethyl adjacent to an activating group) is 1. The second-order valence-corrected chi connectivity index (χ2v) is 9.16. The first-order valence-corrected chi connectivity index (χ1v) is 11.6. The Kier molecular flexibility index (Phi) is 6.77. The fraction of sp³-hybridized carbons (Fsp3) is 0.444. The summed E-state index contributed by atoms with van der Waals surface area (Å²) in [4.78, 5) is 14.4. The molecule has 1 aliphatic heterocycles. The number of fused-ring (bicyclic) bond motifs is 1. The lowest BCUT2D eigenvalue weighted by atomic mass is 9.82. The molecule has 4 atom stereocenters. The van der Waals surface area contributed by atoms with Crippen molar-refractivity contribution in [3.05, 3.63) is 65.4 Å².